The van der Waals surface area contributed by atoms with Gasteiger partial charge in [-0.2, -0.15) is 0 Å². The molecule has 0 fully saturated rings. The van der Waals surface area contributed by atoms with E-state index in [2.05, 4.69) is 29.6 Å². The zero-order valence-electron chi connectivity index (χ0n) is 11.8. The highest BCUT2D eigenvalue weighted by atomic mass is 16.1. The van der Waals surface area contributed by atoms with Crippen molar-refractivity contribution < 1.29 is 4.79 Å². The van der Waals surface area contributed by atoms with Crippen LogP contribution in [0.3, 0.4) is 0 Å². The maximum absolute atomic E-state index is 11.3. The van der Waals surface area contributed by atoms with Crippen LogP contribution in [0, 0.1) is 0 Å². The van der Waals surface area contributed by atoms with Crippen LogP contribution < -0.4 is 16.8 Å². The maximum Gasteiger partial charge on any atom is 0.248 e. The van der Waals surface area contributed by atoms with Gasteiger partial charge in [0.25, 0.3) is 0 Å². The van der Waals surface area contributed by atoms with E-state index in [4.69, 9.17) is 11.5 Å². The number of fused-ring (bicyclic) bond motifs is 1. The topological polar surface area (TPSA) is 81.1 Å². The molecule has 0 radical (unpaired) electrons. The van der Waals surface area contributed by atoms with Crippen LogP contribution in [-0.4, -0.2) is 5.91 Å². The fourth-order valence-corrected chi connectivity index (χ4v) is 2.93. The van der Waals surface area contributed by atoms with Gasteiger partial charge in [0.2, 0.25) is 5.91 Å². The zero-order valence-corrected chi connectivity index (χ0v) is 11.8. The van der Waals surface area contributed by atoms with Crippen LogP contribution in [0.1, 0.15) is 40.4 Å². The van der Waals surface area contributed by atoms with Gasteiger partial charge < -0.3 is 16.8 Å². The zero-order chi connectivity index (χ0) is 14.8. The molecule has 3 rings (SSSR count). The molecular weight excluding hydrogens is 262 g/mol. The Kier molecular flexibility index (Phi) is 3.52. The number of nitrogen functional groups attached to an aromatic ring is 1. The number of primary amides is 1. The molecule has 1 aliphatic carbocycles. The summed E-state index contributed by atoms with van der Waals surface area (Å²) in [6.45, 7) is 0. The number of rotatable bonds is 3. The van der Waals surface area contributed by atoms with Crippen molar-refractivity contribution in [1.82, 2.24) is 0 Å². The van der Waals surface area contributed by atoms with Crippen molar-refractivity contribution in [3.05, 3.63) is 59.2 Å². The summed E-state index contributed by atoms with van der Waals surface area (Å²) in [7, 11) is 0. The highest BCUT2D eigenvalue weighted by Gasteiger charge is 2.20. The summed E-state index contributed by atoms with van der Waals surface area (Å²) in [6, 6.07) is 13.8. The molecule has 108 valence electrons. The summed E-state index contributed by atoms with van der Waals surface area (Å²) in [4.78, 5) is 11.3. The van der Waals surface area contributed by atoms with Gasteiger partial charge in [-0.05, 0) is 48.6 Å². The monoisotopic (exact) mass is 281 g/mol. The van der Waals surface area contributed by atoms with E-state index in [-0.39, 0.29) is 6.04 Å². The molecule has 0 spiro atoms. The average Bonchev–Trinajstić information content (AvgIpc) is 2.49. The molecule has 21 heavy (non-hydrogen) atoms. The van der Waals surface area contributed by atoms with Crippen molar-refractivity contribution in [2.45, 2.75) is 25.3 Å². The lowest BCUT2D eigenvalue weighted by molar-refractivity contribution is 0.100. The third-order valence-corrected chi connectivity index (χ3v) is 4.04. The predicted octanol–water partition coefficient (Wildman–Crippen LogP) is 2.86. The summed E-state index contributed by atoms with van der Waals surface area (Å²) >= 11 is 0. The smallest absolute Gasteiger partial charge is 0.248 e. The average molecular weight is 281 g/mol. The normalized spacial score (nSPS) is 17.0. The Morgan fingerprint density at radius 2 is 2.00 bits per heavy atom. The van der Waals surface area contributed by atoms with Gasteiger partial charge in [-0.1, -0.05) is 24.3 Å². The largest absolute Gasteiger partial charge is 0.397 e. The molecular formula is C17H19N3O. The second-order valence-corrected chi connectivity index (χ2v) is 5.45. The lowest BCUT2D eigenvalue weighted by Gasteiger charge is -2.27. The summed E-state index contributed by atoms with van der Waals surface area (Å²) in [5.74, 6) is -0.443. The van der Waals surface area contributed by atoms with Crippen LogP contribution in [0.25, 0.3) is 0 Å². The number of anilines is 2. The second-order valence-electron chi connectivity index (χ2n) is 5.45. The number of nitrogens with two attached hydrogens (primary N) is 2. The number of hydrogen-bond donors (Lipinski definition) is 3. The molecule has 1 atom stereocenters. The number of nitrogens with one attached hydrogen (secondary N) is 1. The summed E-state index contributed by atoms with van der Waals surface area (Å²) in [5.41, 5.74) is 15.9. The van der Waals surface area contributed by atoms with Gasteiger partial charge >= 0.3 is 0 Å². The van der Waals surface area contributed by atoms with Crippen molar-refractivity contribution in [2.24, 2.45) is 5.73 Å². The Hall–Kier alpha value is -2.49. The fourth-order valence-electron chi connectivity index (χ4n) is 2.93. The number of benzene rings is 2. The van der Waals surface area contributed by atoms with Crippen molar-refractivity contribution in [2.75, 3.05) is 11.1 Å². The Morgan fingerprint density at radius 3 is 2.81 bits per heavy atom. The number of carbonyl (C=O) groups is 1. The standard InChI is InChI=1S/C17H19N3O/c18-14-9-8-12(17(19)21)10-16(14)20-15-7-3-5-11-4-1-2-6-13(11)15/h1-2,4,6,8-10,15,20H,3,5,7,18H2,(H2,19,21). The molecule has 0 saturated heterocycles. The summed E-state index contributed by atoms with van der Waals surface area (Å²) < 4.78 is 0. The van der Waals surface area contributed by atoms with E-state index in [1.807, 2.05) is 0 Å². The van der Waals surface area contributed by atoms with Crippen molar-refractivity contribution in [1.29, 1.82) is 0 Å². The highest BCUT2D eigenvalue weighted by molar-refractivity contribution is 5.95. The molecule has 0 bridgehead atoms. The molecule has 0 aliphatic heterocycles. The molecule has 0 saturated carbocycles. The molecule has 0 aromatic heterocycles. The molecule has 4 nitrogen and oxygen atoms in total. The molecule has 1 amide bonds. The first-order valence-corrected chi connectivity index (χ1v) is 7.19. The Balaban J connectivity index is 1.91. The van der Waals surface area contributed by atoms with Crippen LogP contribution in [0.2, 0.25) is 0 Å². The Bertz CT molecular complexity index is 681. The molecule has 0 heterocycles. The highest BCUT2D eigenvalue weighted by Crippen LogP contribution is 2.34. The fraction of sp³-hybridized carbons (Fsp3) is 0.235. The molecule has 5 N–H and O–H groups in total. The number of carbonyl (C=O) groups excluding carboxylic acids is 1. The maximum atomic E-state index is 11.3. The molecule has 2 aromatic carbocycles. The Labute approximate surface area is 124 Å². The number of amides is 1. The lowest BCUT2D eigenvalue weighted by Crippen LogP contribution is -2.18. The first-order valence-electron chi connectivity index (χ1n) is 7.19. The SMILES string of the molecule is NC(=O)c1ccc(N)c(NC2CCCc3ccccc32)c1. The van der Waals surface area contributed by atoms with Gasteiger partial charge in [-0.3, -0.25) is 4.79 Å². The van der Waals surface area contributed by atoms with Gasteiger partial charge in [0, 0.05) is 5.56 Å². The van der Waals surface area contributed by atoms with E-state index in [0.717, 1.165) is 24.9 Å². The Morgan fingerprint density at radius 1 is 1.19 bits per heavy atom. The third-order valence-electron chi connectivity index (χ3n) is 4.04. The van der Waals surface area contributed by atoms with Gasteiger partial charge in [0.05, 0.1) is 17.4 Å². The molecule has 1 unspecified atom stereocenters. The van der Waals surface area contributed by atoms with E-state index in [0.29, 0.717) is 11.3 Å². The minimum atomic E-state index is -0.443. The van der Waals surface area contributed by atoms with Crippen molar-refractivity contribution in [3.8, 4) is 0 Å². The van der Waals surface area contributed by atoms with E-state index >= 15 is 0 Å². The first kappa shape index (κ1) is 13.5. The van der Waals surface area contributed by atoms with Crippen LogP contribution in [0.4, 0.5) is 11.4 Å². The second kappa shape index (κ2) is 5.48. The van der Waals surface area contributed by atoms with Crippen LogP contribution >= 0.6 is 0 Å². The molecule has 1 aliphatic rings. The van der Waals surface area contributed by atoms with Gasteiger partial charge in [-0.25, -0.2) is 0 Å². The minimum Gasteiger partial charge on any atom is -0.397 e. The van der Waals surface area contributed by atoms with E-state index < -0.39 is 5.91 Å². The van der Waals surface area contributed by atoms with Crippen LogP contribution in [0.15, 0.2) is 42.5 Å². The third kappa shape index (κ3) is 2.70. The van der Waals surface area contributed by atoms with Crippen molar-refractivity contribution in [3.63, 3.8) is 0 Å². The van der Waals surface area contributed by atoms with E-state index in [9.17, 15) is 4.79 Å². The summed E-state index contributed by atoms with van der Waals surface area (Å²) in [5, 5.41) is 3.47. The van der Waals surface area contributed by atoms with E-state index in [1.54, 1.807) is 18.2 Å². The number of hydrogen-bond acceptors (Lipinski definition) is 3. The van der Waals surface area contributed by atoms with Gasteiger partial charge in [0.15, 0.2) is 0 Å². The molecule has 4 heteroatoms. The van der Waals surface area contributed by atoms with Crippen molar-refractivity contribution >= 4 is 17.3 Å². The summed E-state index contributed by atoms with van der Waals surface area (Å²) in [6.07, 6.45) is 3.31. The molecule has 2 aromatic rings. The predicted molar refractivity (Wildman–Crippen MR) is 85.1 cm³/mol. The van der Waals surface area contributed by atoms with Crippen LogP contribution in [0.5, 0.6) is 0 Å². The van der Waals surface area contributed by atoms with Gasteiger partial charge in [-0.15, -0.1) is 0 Å². The minimum absolute atomic E-state index is 0.223. The first-order chi connectivity index (χ1) is 10.1. The number of aryl methyl sites for hydroxylation is 1. The van der Waals surface area contributed by atoms with Crippen LogP contribution in [-0.2, 0) is 6.42 Å². The quantitative estimate of drug-likeness (QED) is 0.757. The van der Waals surface area contributed by atoms with E-state index in [1.165, 1.54) is 11.1 Å². The lowest BCUT2D eigenvalue weighted by atomic mass is 9.87. The van der Waals surface area contributed by atoms with Gasteiger partial charge in [0.1, 0.15) is 0 Å².